The number of methoxy groups -OCH3 is 1. The molecule has 1 heterocycles. The fraction of sp³-hybridized carbons (Fsp3) is 0.696. The zero-order valence-electron chi connectivity index (χ0n) is 18.3. The molecule has 2 aliphatic carbocycles. The molecule has 1 aromatic rings. The molecular weight excluding hydrogens is 368 g/mol. The van der Waals surface area contributed by atoms with E-state index in [2.05, 4.69) is 0 Å². The molecule has 2 fully saturated rings. The standard InChI is InChI=1S/C23H34N2O4/c1-5-24-16(3)20(15(2)21(24)23(28)29-4)19(26)14-25(18-12-7-6-8-13-18)22(27)17-10-9-11-17/h17-18H,5-14H2,1-4H3. The lowest BCUT2D eigenvalue weighted by Crippen LogP contribution is -2.48. The van der Waals surface area contributed by atoms with Crippen molar-refractivity contribution in [1.29, 1.82) is 0 Å². The van der Waals surface area contributed by atoms with Gasteiger partial charge < -0.3 is 14.2 Å². The predicted octanol–water partition coefficient (Wildman–Crippen LogP) is 4.06. The van der Waals surface area contributed by atoms with E-state index >= 15 is 0 Å². The highest BCUT2D eigenvalue weighted by molar-refractivity contribution is 6.04. The molecule has 160 valence electrons. The van der Waals surface area contributed by atoms with Gasteiger partial charge in [0.25, 0.3) is 0 Å². The van der Waals surface area contributed by atoms with Crippen LogP contribution in [0.15, 0.2) is 0 Å². The maximum Gasteiger partial charge on any atom is 0.354 e. The summed E-state index contributed by atoms with van der Waals surface area (Å²) in [6.45, 7) is 6.31. The number of ketones is 1. The van der Waals surface area contributed by atoms with Gasteiger partial charge in [-0.3, -0.25) is 9.59 Å². The highest BCUT2D eigenvalue weighted by Gasteiger charge is 2.36. The van der Waals surface area contributed by atoms with E-state index < -0.39 is 5.97 Å². The van der Waals surface area contributed by atoms with Crippen LogP contribution >= 0.6 is 0 Å². The van der Waals surface area contributed by atoms with Crippen LogP contribution in [0.5, 0.6) is 0 Å². The lowest BCUT2D eigenvalue weighted by Gasteiger charge is -2.38. The van der Waals surface area contributed by atoms with Crippen LogP contribution in [0.25, 0.3) is 0 Å². The molecule has 0 aromatic carbocycles. The number of rotatable bonds is 7. The molecule has 0 radical (unpaired) electrons. The van der Waals surface area contributed by atoms with Crippen molar-refractivity contribution in [2.45, 2.75) is 84.7 Å². The van der Waals surface area contributed by atoms with Crippen LogP contribution in [0, 0.1) is 19.8 Å². The summed E-state index contributed by atoms with van der Waals surface area (Å²) >= 11 is 0. The zero-order chi connectivity index (χ0) is 21.1. The summed E-state index contributed by atoms with van der Waals surface area (Å²) in [6, 6.07) is 0.162. The molecule has 3 rings (SSSR count). The Bertz CT molecular complexity index is 785. The molecule has 1 amide bonds. The van der Waals surface area contributed by atoms with E-state index in [1.807, 2.05) is 23.3 Å². The van der Waals surface area contributed by atoms with Gasteiger partial charge in [-0.05, 0) is 52.0 Å². The average molecular weight is 403 g/mol. The van der Waals surface area contributed by atoms with E-state index in [1.165, 1.54) is 13.5 Å². The van der Waals surface area contributed by atoms with Crippen molar-refractivity contribution in [3.63, 3.8) is 0 Å². The fourth-order valence-corrected chi connectivity index (χ4v) is 4.96. The molecule has 0 atom stereocenters. The molecule has 6 heteroatoms. The normalized spacial score (nSPS) is 17.7. The molecule has 0 saturated heterocycles. The SMILES string of the molecule is CCn1c(C)c(C(=O)CN(C(=O)C2CCC2)C2CCCCC2)c(C)c1C(=O)OC. The number of esters is 1. The van der Waals surface area contributed by atoms with Crippen LogP contribution in [0.4, 0.5) is 0 Å². The Kier molecular flexibility index (Phi) is 6.81. The number of carbonyl (C=O) groups is 3. The average Bonchev–Trinajstić information content (AvgIpc) is 2.94. The Balaban J connectivity index is 1.90. The van der Waals surface area contributed by atoms with Crippen LogP contribution in [-0.2, 0) is 16.1 Å². The second-order valence-corrected chi connectivity index (χ2v) is 8.48. The number of amides is 1. The first-order valence-corrected chi connectivity index (χ1v) is 11.0. The van der Waals surface area contributed by atoms with Crippen LogP contribution in [0.2, 0.25) is 0 Å². The van der Waals surface area contributed by atoms with Crippen LogP contribution < -0.4 is 0 Å². The number of hydrogen-bond donors (Lipinski definition) is 0. The largest absolute Gasteiger partial charge is 0.464 e. The number of nitrogens with zero attached hydrogens (tertiary/aromatic N) is 2. The van der Waals surface area contributed by atoms with Gasteiger partial charge in [0.15, 0.2) is 5.78 Å². The quantitative estimate of drug-likeness (QED) is 0.510. The van der Waals surface area contributed by atoms with Crippen molar-refractivity contribution in [3.8, 4) is 0 Å². The molecule has 0 bridgehead atoms. The first-order chi connectivity index (χ1) is 13.9. The maximum atomic E-state index is 13.4. The van der Waals surface area contributed by atoms with Crippen molar-refractivity contribution in [1.82, 2.24) is 9.47 Å². The van der Waals surface area contributed by atoms with Gasteiger partial charge in [-0.15, -0.1) is 0 Å². The van der Waals surface area contributed by atoms with Gasteiger partial charge in [-0.2, -0.15) is 0 Å². The second-order valence-electron chi connectivity index (χ2n) is 8.48. The monoisotopic (exact) mass is 402 g/mol. The van der Waals surface area contributed by atoms with E-state index in [-0.39, 0.29) is 30.2 Å². The Morgan fingerprint density at radius 3 is 2.21 bits per heavy atom. The zero-order valence-corrected chi connectivity index (χ0v) is 18.3. The maximum absolute atomic E-state index is 13.4. The third-order valence-electron chi connectivity index (χ3n) is 6.81. The highest BCUT2D eigenvalue weighted by atomic mass is 16.5. The van der Waals surface area contributed by atoms with Crippen molar-refractivity contribution in [3.05, 3.63) is 22.5 Å². The Morgan fingerprint density at radius 2 is 1.69 bits per heavy atom. The third-order valence-corrected chi connectivity index (χ3v) is 6.81. The molecule has 0 unspecified atom stereocenters. The van der Waals surface area contributed by atoms with Crippen molar-refractivity contribution in [2.75, 3.05) is 13.7 Å². The van der Waals surface area contributed by atoms with E-state index in [4.69, 9.17) is 4.74 Å². The van der Waals surface area contributed by atoms with Gasteiger partial charge in [0.2, 0.25) is 5.91 Å². The Hall–Kier alpha value is -2.11. The smallest absolute Gasteiger partial charge is 0.354 e. The lowest BCUT2D eigenvalue weighted by molar-refractivity contribution is -0.140. The number of aromatic nitrogens is 1. The third kappa shape index (κ3) is 4.12. The topological polar surface area (TPSA) is 68.6 Å². The Morgan fingerprint density at radius 1 is 1.03 bits per heavy atom. The predicted molar refractivity (Wildman–Crippen MR) is 111 cm³/mol. The Labute approximate surface area is 173 Å². The first kappa shape index (κ1) is 21.6. The molecule has 1 aromatic heterocycles. The van der Waals surface area contributed by atoms with Gasteiger partial charge in [-0.25, -0.2) is 4.79 Å². The highest BCUT2D eigenvalue weighted by Crippen LogP contribution is 2.32. The second kappa shape index (κ2) is 9.14. The number of ether oxygens (including phenoxy) is 1. The molecule has 0 spiro atoms. The van der Waals surface area contributed by atoms with E-state index in [1.54, 1.807) is 6.92 Å². The summed E-state index contributed by atoms with van der Waals surface area (Å²) in [5, 5.41) is 0. The molecule has 0 aliphatic heterocycles. The fourth-order valence-electron chi connectivity index (χ4n) is 4.96. The van der Waals surface area contributed by atoms with Crippen molar-refractivity contribution in [2.24, 2.45) is 5.92 Å². The molecule has 6 nitrogen and oxygen atoms in total. The first-order valence-electron chi connectivity index (χ1n) is 11.0. The summed E-state index contributed by atoms with van der Waals surface area (Å²) in [5.74, 6) is -0.274. The minimum Gasteiger partial charge on any atom is -0.464 e. The lowest BCUT2D eigenvalue weighted by atomic mass is 9.83. The molecule has 0 N–H and O–H groups in total. The summed E-state index contributed by atoms with van der Waals surface area (Å²) in [6.07, 6.45) is 8.37. The van der Waals surface area contributed by atoms with Crippen LogP contribution in [0.1, 0.15) is 90.4 Å². The summed E-state index contributed by atoms with van der Waals surface area (Å²) < 4.78 is 6.78. The minimum absolute atomic E-state index is 0.0735. The summed E-state index contributed by atoms with van der Waals surface area (Å²) in [4.78, 5) is 40.7. The number of Topliss-reactive ketones (excluding diaryl/α,β-unsaturated/α-hetero) is 1. The number of hydrogen-bond acceptors (Lipinski definition) is 4. The van der Waals surface area contributed by atoms with E-state index in [0.717, 1.165) is 50.6 Å². The summed E-state index contributed by atoms with van der Waals surface area (Å²) in [5.41, 5.74) is 2.43. The summed E-state index contributed by atoms with van der Waals surface area (Å²) in [7, 11) is 1.35. The van der Waals surface area contributed by atoms with Gasteiger partial charge >= 0.3 is 5.97 Å². The molecule has 29 heavy (non-hydrogen) atoms. The van der Waals surface area contributed by atoms with Crippen molar-refractivity contribution >= 4 is 17.7 Å². The van der Waals surface area contributed by atoms with Gasteiger partial charge in [0.05, 0.1) is 13.7 Å². The molecule has 2 saturated carbocycles. The molecular formula is C23H34N2O4. The van der Waals surface area contributed by atoms with Crippen LogP contribution in [-0.4, -0.2) is 46.8 Å². The van der Waals surface area contributed by atoms with Crippen molar-refractivity contribution < 1.29 is 19.1 Å². The van der Waals surface area contributed by atoms with Gasteiger partial charge in [0, 0.05) is 29.8 Å². The van der Waals surface area contributed by atoms with Gasteiger partial charge in [0.1, 0.15) is 5.69 Å². The number of carbonyl (C=O) groups excluding carboxylic acids is 3. The van der Waals surface area contributed by atoms with E-state index in [9.17, 15) is 14.4 Å². The molecule has 2 aliphatic rings. The van der Waals surface area contributed by atoms with E-state index in [0.29, 0.717) is 23.4 Å². The van der Waals surface area contributed by atoms with Gasteiger partial charge in [-0.1, -0.05) is 25.7 Å². The van der Waals surface area contributed by atoms with Crippen LogP contribution in [0.3, 0.4) is 0 Å². The minimum atomic E-state index is -0.429.